The third-order valence-electron chi connectivity index (χ3n) is 10.4. The molecule has 390 valence electrons. The number of carbonyl (C=O) groups is 3. The molecule has 0 atom stereocenters. The van der Waals surface area contributed by atoms with Gasteiger partial charge in [0.15, 0.2) is 17.2 Å². The average molecular weight is 1030 g/mol. The zero-order chi connectivity index (χ0) is 56.2. The molecular weight excluding hydrogens is 985 g/mol. The first kappa shape index (κ1) is 56.8. The van der Waals surface area contributed by atoms with Crippen LogP contribution in [0.4, 0.5) is 17.1 Å². The van der Waals surface area contributed by atoms with Crippen molar-refractivity contribution in [2.45, 2.75) is 34.6 Å². The fraction of sp³-hybridized carbons (Fsp3) is 0.0980. The summed E-state index contributed by atoms with van der Waals surface area (Å²) in [6.45, 7) is 7.66. The Kier molecular flexibility index (Phi) is 18.5. The van der Waals surface area contributed by atoms with Crippen LogP contribution in [0.1, 0.15) is 59.7 Å². The van der Waals surface area contributed by atoms with Crippen LogP contribution in [-0.2, 0) is 0 Å². The summed E-state index contributed by atoms with van der Waals surface area (Å²) in [5.41, 5.74) is 17.1. The van der Waals surface area contributed by atoms with Gasteiger partial charge in [-0.3, -0.25) is 24.0 Å². The number of nitrogen functional groups attached to an aromatic ring is 3. The van der Waals surface area contributed by atoms with E-state index in [4.69, 9.17) is 37.6 Å². The first-order valence-electron chi connectivity index (χ1n) is 21.3. The average Bonchev–Trinajstić information content (AvgIpc) is 3.35. The van der Waals surface area contributed by atoms with Gasteiger partial charge in [-0.2, -0.15) is 0 Å². The molecule has 5 aromatic heterocycles. The zero-order valence-electron chi connectivity index (χ0n) is 40.2. The van der Waals surface area contributed by atoms with E-state index in [1.807, 2.05) is 0 Å². The van der Waals surface area contributed by atoms with E-state index in [-0.39, 0.29) is 62.5 Å². The van der Waals surface area contributed by atoms with Gasteiger partial charge in [-0.15, -0.1) is 0 Å². The van der Waals surface area contributed by atoms with Crippen molar-refractivity contribution < 1.29 is 64.1 Å². The summed E-state index contributed by atoms with van der Waals surface area (Å²) in [4.78, 5) is 88.4. The molecule has 14 N–H and O–H groups in total. The Morgan fingerprint density at radius 2 is 0.653 bits per heavy atom. The van der Waals surface area contributed by atoms with Gasteiger partial charge in [-0.1, -0.05) is 0 Å². The van der Waals surface area contributed by atoms with Gasteiger partial charge in [0, 0.05) is 83.0 Å². The Labute approximate surface area is 421 Å². The maximum atomic E-state index is 11.6. The summed E-state index contributed by atoms with van der Waals surface area (Å²) < 4.78 is 13.8. The maximum absolute atomic E-state index is 11.6. The second-order valence-electron chi connectivity index (χ2n) is 15.7. The Morgan fingerprint density at radius 3 is 0.947 bits per heavy atom. The molecule has 0 aliphatic carbocycles. The van der Waals surface area contributed by atoms with Crippen LogP contribution in [0.25, 0.3) is 17.1 Å². The second kappa shape index (κ2) is 24.4. The molecule has 75 heavy (non-hydrogen) atoms. The number of benzene rings is 3. The molecule has 0 radical (unpaired) electrons. The number of rotatable bonds is 6. The number of aromatic hydroxyl groups is 5. The summed E-state index contributed by atoms with van der Waals surface area (Å²) in [7, 11) is 0. The van der Waals surface area contributed by atoms with E-state index in [2.05, 4.69) is 8.83 Å². The van der Waals surface area contributed by atoms with Crippen molar-refractivity contribution in [1.82, 2.24) is 13.7 Å². The number of carboxylic acids is 3. The van der Waals surface area contributed by atoms with Crippen molar-refractivity contribution in [3.8, 4) is 45.8 Å². The summed E-state index contributed by atoms with van der Waals surface area (Å²) in [5.74, 6) is -4.65. The van der Waals surface area contributed by atoms with E-state index < -0.39 is 56.6 Å². The van der Waals surface area contributed by atoms with Crippen LogP contribution >= 0.6 is 0 Å². The van der Waals surface area contributed by atoms with Gasteiger partial charge in [-0.05, 0) is 89.2 Å². The molecule has 0 aliphatic rings. The van der Waals surface area contributed by atoms with Crippen LogP contribution in [0, 0.1) is 34.6 Å². The van der Waals surface area contributed by atoms with Gasteiger partial charge < -0.3 is 80.6 Å². The number of carboxylic acid groups (broad SMARTS) is 3. The molecule has 3 aromatic carbocycles. The van der Waals surface area contributed by atoms with Crippen LogP contribution < -0.4 is 44.3 Å². The molecule has 8 aromatic rings. The second-order valence-corrected chi connectivity index (χ2v) is 15.7. The molecule has 8 rings (SSSR count). The highest BCUT2D eigenvalue weighted by molar-refractivity contribution is 5.91. The van der Waals surface area contributed by atoms with Gasteiger partial charge in [0.2, 0.25) is 38.6 Å². The molecule has 0 saturated carbocycles. The number of aryl methyl sites for hydroxylation is 2. The number of anilines is 3. The Bertz CT molecular complexity index is 3620. The fourth-order valence-corrected chi connectivity index (χ4v) is 6.42. The largest absolute Gasteiger partial charge is 0.503 e. The highest BCUT2D eigenvalue weighted by Gasteiger charge is 2.16. The topological polar surface area (TPSA) is 418 Å². The molecule has 24 heteroatoms. The van der Waals surface area contributed by atoms with Gasteiger partial charge in [-0.25, -0.2) is 14.4 Å². The molecule has 0 bridgehead atoms. The molecular formula is C51H48N6O18. The van der Waals surface area contributed by atoms with Gasteiger partial charge in [0.05, 0.1) is 46.3 Å². The lowest BCUT2D eigenvalue weighted by Crippen LogP contribution is -2.12. The fourth-order valence-electron chi connectivity index (χ4n) is 6.42. The normalized spacial score (nSPS) is 10.1. The highest BCUT2D eigenvalue weighted by atomic mass is 16.4. The smallest absolute Gasteiger partial charge is 0.335 e. The van der Waals surface area contributed by atoms with Crippen molar-refractivity contribution in [2.24, 2.45) is 0 Å². The van der Waals surface area contributed by atoms with Crippen molar-refractivity contribution in [2.75, 3.05) is 17.2 Å². The lowest BCUT2D eigenvalue weighted by molar-refractivity contribution is 0.0686. The lowest BCUT2D eigenvalue weighted by Gasteiger charge is -2.17. The van der Waals surface area contributed by atoms with Gasteiger partial charge in [0.25, 0.3) is 0 Å². The van der Waals surface area contributed by atoms with Crippen molar-refractivity contribution in [1.29, 1.82) is 0 Å². The number of aromatic nitrogens is 3. The molecule has 0 fully saturated rings. The molecule has 0 aliphatic heterocycles. The molecule has 0 spiro atoms. The van der Waals surface area contributed by atoms with E-state index in [1.165, 1.54) is 145 Å². The molecule has 24 nitrogen and oxygen atoms in total. The Hall–Kier alpha value is -10.8. The van der Waals surface area contributed by atoms with Gasteiger partial charge >= 0.3 is 17.9 Å². The minimum absolute atomic E-state index is 0.0348. The van der Waals surface area contributed by atoms with Crippen molar-refractivity contribution in [3.63, 3.8) is 0 Å². The van der Waals surface area contributed by atoms with Crippen LogP contribution in [-0.4, -0.2) is 72.5 Å². The summed E-state index contributed by atoms with van der Waals surface area (Å²) in [5, 5.41) is 74.0. The van der Waals surface area contributed by atoms with Crippen LogP contribution in [0.15, 0.2) is 149 Å². The van der Waals surface area contributed by atoms with Gasteiger partial charge in [0.1, 0.15) is 11.5 Å². The Balaban J connectivity index is 0.000000219. The number of nitrogens with zero attached hydrogens (tertiary/aromatic N) is 3. The van der Waals surface area contributed by atoms with E-state index in [0.29, 0.717) is 34.1 Å². The minimum atomic E-state index is -1.18. The highest BCUT2D eigenvalue weighted by Crippen LogP contribution is 2.25. The molecule has 0 amide bonds. The number of aromatic carboxylic acids is 3. The summed E-state index contributed by atoms with van der Waals surface area (Å²) in [6.07, 6.45) is 6.81. The first-order valence-corrected chi connectivity index (χ1v) is 21.3. The van der Waals surface area contributed by atoms with E-state index in [9.17, 15) is 58.8 Å². The number of nitrogens with two attached hydrogens (primary N) is 3. The maximum Gasteiger partial charge on any atom is 0.335 e. The number of pyridine rings is 3. The summed E-state index contributed by atoms with van der Waals surface area (Å²) in [6, 6.07) is 18.8. The quantitative estimate of drug-likeness (QED) is 0.100. The SMILES string of the molecule is Cc1c(O)c(=O)ccn1-c1cc(C(=O)O)cc(-n2ccc(=O)c(O)c2C)c1.Cc1c(O)c(=O)ccn1-c1cc(N)cc(C(=O)O)c1.Cc1occc(=O)c1O.Cc1occc(=O)c1O.Nc1cc(N)cc(C(=O)O)c1. The van der Waals surface area contributed by atoms with Crippen molar-refractivity contribution in [3.05, 3.63) is 212 Å². The monoisotopic (exact) mass is 1030 g/mol. The predicted molar refractivity (Wildman–Crippen MR) is 272 cm³/mol. The zero-order valence-corrected chi connectivity index (χ0v) is 40.2. The summed E-state index contributed by atoms with van der Waals surface area (Å²) >= 11 is 0. The molecule has 0 unspecified atom stereocenters. The molecule has 0 saturated heterocycles. The lowest BCUT2D eigenvalue weighted by atomic mass is 10.1. The van der Waals surface area contributed by atoms with Crippen LogP contribution in [0.2, 0.25) is 0 Å². The van der Waals surface area contributed by atoms with Crippen LogP contribution in [0.5, 0.6) is 28.7 Å². The van der Waals surface area contributed by atoms with E-state index in [1.54, 1.807) is 19.1 Å². The minimum Gasteiger partial charge on any atom is -0.503 e. The van der Waals surface area contributed by atoms with E-state index in [0.717, 1.165) is 0 Å². The number of hydrogen-bond acceptors (Lipinski definition) is 18. The number of hydrogen-bond donors (Lipinski definition) is 11. The van der Waals surface area contributed by atoms with E-state index >= 15 is 0 Å². The first-order chi connectivity index (χ1) is 35.1. The standard InChI is InChI=1S/C19H16N2O6.C13H12N2O4.C7H8N2O2.2C6H6O3/c1-10-17(24)15(22)3-5-20(10)13-7-12(19(26)27)8-14(9-13)21-6-4-16(23)18(25)11(21)2;1-7-12(17)11(16)2-3-15(7)10-5-8(13(18)19)4-9(14)6-10;8-5-1-4(7(10)11)2-6(9)3-5;2*1-4-6(8)5(7)2-3-9-4/h3-9,24-25H,1-2H3,(H,26,27);2-6,17H,14H2,1H3,(H,18,19);1-3H,8-9H2,(H,10,11);2*2-3,8H,1H3. The molecule has 5 heterocycles. The van der Waals surface area contributed by atoms with Crippen molar-refractivity contribution >= 4 is 35.0 Å². The Morgan fingerprint density at radius 1 is 0.387 bits per heavy atom. The predicted octanol–water partition coefficient (Wildman–Crippen LogP) is 4.70. The van der Waals surface area contributed by atoms with Crippen LogP contribution in [0.3, 0.4) is 0 Å². The third-order valence-corrected chi connectivity index (χ3v) is 10.4. The third kappa shape index (κ3) is 14.4.